The fourth-order valence-corrected chi connectivity index (χ4v) is 4.28. The summed E-state index contributed by atoms with van der Waals surface area (Å²) in [5.41, 5.74) is 16.3. The second kappa shape index (κ2) is 8.52. The average Bonchev–Trinajstić information content (AvgIpc) is 3.27. The van der Waals surface area contributed by atoms with E-state index in [4.69, 9.17) is 16.2 Å². The summed E-state index contributed by atoms with van der Waals surface area (Å²) < 4.78 is 28.9. The summed E-state index contributed by atoms with van der Waals surface area (Å²) in [6.45, 7) is 1.26. The molecule has 0 radical (unpaired) electrons. The van der Waals surface area contributed by atoms with Gasteiger partial charge in [0.2, 0.25) is 5.95 Å². The molecule has 2 aromatic carbocycles. The molecule has 31 heavy (non-hydrogen) atoms. The monoisotopic (exact) mass is 439 g/mol. The Morgan fingerprint density at radius 1 is 1.06 bits per heavy atom. The minimum Gasteiger partial charge on any atom is -0.383 e. The number of nitrogens with zero attached hydrogens (tertiary/aromatic N) is 2. The zero-order valence-corrected chi connectivity index (χ0v) is 18.0. The molecule has 1 unspecified atom stereocenters. The van der Waals surface area contributed by atoms with Crippen molar-refractivity contribution >= 4 is 27.3 Å². The number of nitrogens with one attached hydrogen (secondary N) is 1. The van der Waals surface area contributed by atoms with E-state index >= 15 is 0 Å². The third kappa shape index (κ3) is 4.78. The topological polar surface area (TPSA) is 133 Å². The van der Waals surface area contributed by atoms with E-state index in [0.717, 1.165) is 40.9 Å². The molecular weight excluding hydrogens is 414 g/mol. The Kier molecular flexibility index (Phi) is 5.79. The molecule has 0 bridgehead atoms. The summed E-state index contributed by atoms with van der Waals surface area (Å²) in [4.78, 5) is 8.86. The molecule has 9 heteroatoms. The Labute approximate surface area is 181 Å². The molecule has 5 N–H and O–H groups in total. The van der Waals surface area contributed by atoms with Gasteiger partial charge in [-0.2, -0.15) is 4.98 Å². The summed E-state index contributed by atoms with van der Waals surface area (Å²) in [6.07, 6.45) is 2.92. The second-order valence-corrected chi connectivity index (χ2v) is 9.59. The van der Waals surface area contributed by atoms with Crippen molar-refractivity contribution in [2.75, 3.05) is 29.6 Å². The molecule has 1 aliphatic heterocycles. The van der Waals surface area contributed by atoms with Gasteiger partial charge in [0.25, 0.3) is 0 Å². The number of nitrogens with two attached hydrogens (primary N) is 2. The predicted octanol–water partition coefficient (Wildman–Crippen LogP) is 3.18. The SMILES string of the molecule is CS(=O)(=O)c1ccc(CNc2ccc(-c3c(N)nc(N)nc3C3CCCO3)cc2)cc1. The Morgan fingerprint density at radius 2 is 1.77 bits per heavy atom. The Morgan fingerprint density at radius 3 is 2.39 bits per heavy atom. The van der Waals surface area contributed by atoms with Crippen LogP contribution in [0.4, 0.5) is 17.5 Å². The molecule has 1 saturated heterocycles. The number of sulfone groups is 1. The molecule has 1 atom stereocenters. The highest BCUT2D eigenvalue weighted by Crippen LogP contribution is 2.37. The van der Waals surface area contributed by atoms with E-state index in [2.05, 4.69) is 15.3 Å². The molecule has 1 fully saturated rings. The van der Waals surface area contributed by atoms with Crippen LogP contribution in [0.3, 0.4) is 0 Å². The quantitative estimate of drug-likeness (QED) is 0.533. The van der Waals surface area contributed by atoms with Gasteiger partial charge in [-0.25, -0.2) is 13.4 Å². The number of rotatable bonds is 6. The van der Waals surface area contributed by atoms with Crippen LogP contribution in [-0.2, 0) is 21.1 Å². The molecular formula is C22H25N5O3S. The highest BCUT2D eigenvalue weighted by Gasteiger charge is 2.25. The maximum absolute atomic E-state index is 11.6. The molecule has 1 aliphatic rings. The lowest BCUT2D eigenvalue weighted by Gasteiger charge is -2.17. The van der Waals surface area contributed by atoms with Crippen LogP contribution in [0.1, 0.15) is 30.2 Å². The number of benzene rings is 2. The van der Waals surface area contributed by atoms with Gasteiger partial charge < -0.3 is 21.5 Å². The first-order chi connectivity index (χ1) is 14.8. The van der Waals surface area contributed by atoms with E-state index in [1.807, 2.05) is 24.3 Å². The van der Waals surface area contributed by atoms with Crippen LogP contribution in [0, 0.1) is 0 Å². The number of aromatic nitrogens is 2. The summed E-state index contributed by atoms with van der Waals surface area (Å²) in [5.74, 6) is 0.483. The van der Waals surface area contributed by atoms with Gasteiger partial charge in [0.1, 0.15) is 11.9 Å². The molecule has 162 valence electrons. The van der Waals surface area contributed by atoms with Crippen LogP contribution in [0.15, 0.2) is 53.4 Å². The van der Waals surface area contributed by atoms with E-state index in [-0.39, 0.29) is 12.1 Å². The van der Waals surface area contributed by atoms with Crippen LogP contribution in [0.5, 0.6) is 0 Å². The average molecular weight is 440 g/mol. The second-order valence-electron chi connectivity index (χ2n) is 7.58. The standard InChI is InChI=1S/C22H25N5O3S/c1-31(28,29)17-10-4-14(5-11-17)13-25-16-8-6-15(7-9-16)19-20(18-3-2-12-30-18)26-22(24)27-21(19)23/h4-11,18,25H,2-3,12-13H2,1H3,(H4,23,24,26,27). The molecule has 4 rings (SSSR count). The normalized spacial score (nSPS) is 16.4. The molecule has 8 nitrogen and oxygen atoms in total. The lowest BCUT2D eigenvalue weighted by molar-refractivity contribution is 0.109. The van der Waals surface area contributed by atoms with Crippen molar-refractivity contribution in [2.45, 2.75) is 30.4 Å². The lowest BCUT2D eigenvalue weighted by atomic mass is 10.00. The number of anilines is 3. The summed E-state index contributed by atoms with van der Waals surface area (Å²) in [5, 5.41) is 3.33. The highest BCUT2D eigenvalue weighted by molar-refractivity contribution is 7.90. The largest absolute Gasteiger partial charge is 0.383 e. The van der Waals surface area contributed by atoms with E-state index < -0.39 is 9.84 Å². The third-order valence-electron chi connectivity index (χ3n) is 5.24. The molecule has 1 aromatic heterocycles. The van der Waals surface area contributed by atoms with Crippen molar-refractivity contribution in [3.8, 4) is 11.1 Å². The fraction of sp³-hybridized carbons (Fsp3) is 0.273. The zero-order chi connectivity index (χ0) is 22.0. The van der Waals surface area contributed by atoms with Crippen molar-refractivity contribution in [2.24, 2.45) is 0 Å². The van der Waals surface area contributed by atoms with Crippen LogP contribution < -0.4 is 16.8 Å². The van der Waals surface area contributed by atoms with E-state index in [1.165, 1.54) is 6.26 Å². The van der Waals surface area contributed by atoms with Crippen LogP contribution in [-0.4, -0.2) is 31.2 Å². The van der Waals surface area contributed by atoms with Gasteiger partial charge in [0.05, 0.1) is 10.6 Å². The van der Waals surface area contributed by atoms with Gasteiger partial charge in [-0.15, -0.1) is 0 Å². The molecule has 2 heterocycles. The maximum atomic E-state index is 11.6. The molecule has 3 aromatic rings. The molecule has 0 aliphatic carbocycles. The van der Waals surface area contributed by atoms with E-state index in [1.54, 1.807) is 24.3 Å². The summed E-state index contributed by atoms with van der Waals surface area (Å²) >= 11 is 0. The van der Waals surface area contributed by atoms with Crippen molar-refractivity contribution < 1.29 is 13.2 Å². The predicted molar refractivity (Wildman–Crippen MR) is 121 cm³/mol. The van der Waals surface area contributed by atoms with Crippen molar-refractivity contribution in [3.63, 3.8) is 0 Å². The number of hydrogen-bond donors (Lipinski definition) is 3. The van der Waals surface area contributed by atoms with Crippen LogP contribution in [0.2, 0.25) is 0 Å². The number of hydrogen-bond acceptors (Lipinski definition) is 8. The van der Waals surface area contributed by atoms with Gasteiger partial charge in [0.15, 0.2) is 9.84 Å². The summed E-state index contributed by atoms with van der Waals surface area (Å²) in [7, 11) is -3.19. The van der Waals surface area contributed by atoms with Gasteiger partial charge in [-0.05, 0) is 48.2 Å². The number of nitrogen functional groups attached to an aromatic ring is 2. The van der Waals surface area contributed by atoms with E-state index in [0.29, 0.717) is 23.9 Å². The van der Waals surface area contributed by atoms with Gasteiger partial charge in [0, 0.05) is 30.7 Å². The van der Waals surface area contributed by atoms with Crippen molar-refractivity contribution in [1.82, 2.24) is 9.97 Å². The first kappa shape index (κ1) is 21.1. The zero-order valence-electron chi connectivity index (χ0n) is 17.2. The minimum absolute atomic E-state index is 0.129. The third-order valence-corrected chi connectivity index (χ3v) is 6.37. The van der Waals surface area contributed by atoms with Crippen molar-refractivity contribution in [1.29, 1.82) is 0 Å². The van der Waals surface area contributed by atoms with Gasteiger partial charge in [-0.3, -0.25) is 0 Å². The van der Waals surface area contributed by atoms with Gasteiger partial charge in [-0.1, -0.05) is 24.3 Å². The van der Waals surface area contributed by atoms with E-state index in [9.17, 15) is 8.42 Å². The first-order valence-corrected chi connectivity index (χ1v) is 11.9. The Hall–Kier alpha value is -3.17. The molecule has 0 saturated carbocycles. The minimum atomic E-state index is -3.19. The Bertz CT molecular complexity index is 1170. The highest BCUT2D eigenvalue weighted by atomic mass is 32.2. The smallest absolute Gasteiger partial charge is 0.222 e. The fourth-order valence-electron chi connectivity index (χ4n) is 3.65. The lowest BCUT2D eigenvalue weighted by Crippen LogP contribution is -2.10. The van der Waals surface area contributed by atoms with Crippen molar-refractivity contribution in [3.05, 3.63) is 59.8 Å². The first-order valence-electron chi connectivity index (χ1n) is 9.99. The molecule has 0 spiro atoms. The molecule has 0 amide bonds. The van der Waals surface area contributed by atoms with Crippen LogP contribution >= 0.6 is 0 Å². The van der Waals surface area contributed by atoms with Gasteiger partial charge >= 0.3 is 0 Å². The maximum Gasteiger partial charge on any atom is 0.222 e. The Balaban J connectivity index is 1.51. The summed E-state index contributed by atoms with van der Waals surface area (Å²) in [6, 6.07) is 14.7. The van der Waals surface area contributed by atoms with Crippen LogP contribution in [0.25, 0.3) is 11.1 Å². The number of ether oxygens (including phenoxy) is 1.